The summed E-state index contributed by atoms with van der Waals surface area (Å²) in [5.41, 5.74) is 1.09. The third kappa shape index (κ3) is 4.39. The van der Waals surface area contributed by atoms with Gasteiger partial charge in [0.1, 0.15) is 5.82 Å². The first-order valence-corrected chi connectivity index (χ1v) is 9.12. The van der Waals surface area contributed by atoms with Crippen LogP contribution in [0.5, 0.6) is 11.5 Å². The van der Waals surface area contributed by atoms with E-state index in [0.717, 1.165) is 31.5 Å². The molecule has 1 aliphatic rings. The zero-order chi connectivity index (χ0) is 19.2. The van der Waals surface area contributed by atoms with Crippen LogP contribution in [-0.4, -0.2) is 44.7 Å². The maximum Gasteiger partial charge on any atom is 0.254 e. The quantitative estimate of drug-likeness (QED) is 0.809. The minimum atomic E-state index is -0.515. The Morgan fingerprint density at radius 1 is 1.11 bits per heavy atom. The monoisotopic (exact) mass is 372 g/mol. The highest BCUT2D eigenvalue weighted by Gasteiger charge is 2.25. The highest BCUT2D eigenvalue weighted by molar-refractivity contribution is 5.94. The first-order chi connectivity index (χ1) is 13.1. The third-order valence-corrected chi connectivity index (χ3v) is 4.95. The second-order valence-electron chi connectivity index (χ2n) is 6.56. The van der Waals surface area contributed by atoms with Crippen molar-refractivity contribution in [2.75, 3.05) is 33.9 Å². The van der Waals surface area contributed by atoms with Crippen LogP contribution >= 0.6 is 0 Å². The number of nitrogens with zero attached hydrogens (tertiary/aromatic N) is 1. The van der Waals surface area contributed by atoms with Crippen molar-refractivity contribution in [2.45, 2.75) is 18.9 Å². The van der Waals surface area contributed by atoms with Gasteiger partial charge in [0.05, 0.1) is 25.8 Å². The van der Waals surface area contributed by atoms with Crippen molar-refractivity contribution < 1.29 is 18.7 Å². The molecule has 1 heterocycles. The fraction of sp³-hybridized carbons (Fsp3) is 0.381. The summed E-state index contributed by atoms with van der Waals surface area (Å²) in [7, 11) is 3.20. The van der Waals surface area contributed by atoms with Gasteiger partial charge in [-0.15, -0.1) is 0 Å². The minimum Gasteiger partial charge on any atom is -0.493 e. The molecule has 0 bridgehead atoms. The molecular weight excluding hydrogens is 347 g/mol. The molecule has 0 radical (unpaired) electrons. The van der Waals surface area contributed by atoms with Gasteiger partial charge in [-0.25, -0.2) is 4.39 Å². The Hall–Kier alpha value is -2.60. The van der Waals surface area contributed by atoms with Crippen LogP contribution in [0.15, 0.2) is 42.5 Å². The van der Waals surface area contributed by atoms with E-state index in [0.29, 0.717) is 18.0 Å². The molecule has 0 saturated carbocycles. The number of likely N-dealkylation sites (tertiary alicyclic amines) is 1. The summed E-state index contributed by atoms with van der Waals surface area (Å²) in [6.07, 6.45) is 2.26. The summed E-state index contributed by atoms with van der Waals surface area (Å²) in [5.74, 6) is 0.396. The Kier molecular flexibility index (Phi) is 6.29. The molecule has 0 aromatic heterocycles. The van der Waals surface area contributed by atoms with Gasteiger partial charge in [-0.05, 0) is 55.8 Å². The van der Waals surface area contributed by atoms with E-state index in [1.54, 1.807) is 26.4 Å². The lowest BCUT2D eigenvalue weighted by Gasteiger charge is -2.28. The summed E-state index contributed by atoms with van der Waals surface area (Å²) in [6.45, 7) is 2.33. The van der Waals surface area contributed by atoms with Crippen molar-refractivity contribution in [3.63, 3.8) is 0 Å². The summed E-state index contributed by atoms with van der Waals surface area (Å²) in [4.78, 5) is 14.8. The molecule has 3 rings (SSSR count). The van der Waals surface area contributed by atoms with E-state index < -0.39 is 11.7 Å². The van der Waals surface area contributed by atoms with Crippen LogP contribution in [0.4, 0.5) is 4.39 Å². The van der Waals surface area contributed by atoms with Gasteiger partial charge in [-0.2, -0.15) is 0 Å². The molecular formula is C21H25FN2O3. The Balaban J connectivity index is 1.80. The zero-order valence-corrected chi connectivity index (χ0v) is 15.7. The SMILES string of the molecule is COc1ccc(C(CNC(=O)c2ccccc2F)N2CCCC2)cc1OC. The first-order valence-electron chi connectivity index (χ1n) is 9.12. The lowest BCUT2D eigenvalue weighted by molar-refractivity contribution is 0.0934. The van der Waals surface area contributed by atoms with Crippen LogP contribution in [0, 0.1) is 5.82 Å². The molecule has 2 aromatic carbocycles. The summed E-state index contributed by atoms with van der Waals surface area (Å²) in [6, 6.07) is 11.8. The summed E-state index contributed by atoms with van der Waals surface area (Å²) < 4.78 is 24.6. The predicted molar refractivity (Wildman–Crippen MR) is 102 cm³/mol. The van der Waals surface area contributed by atoms with Gasteiger partial charge in [0.25, 0.3) is 5.91 Å². The van der Waals surface area contributed by atoms with Crippen molar-refractivity contribution in [1.29, 1.82) is 0 Å². The largest absolute Gasteiger partial charge is 0.493 e. The maximum atomic E-state index is 13.9. The molecule has 5 nitrogen and oxygen atoms in total. The number of methoxy groups -OCH3 is 2. The van der Waals surface area contributed by atoms with Crippen LogP contribution < -0.4 is 14.8 Å². The van der Waals surface area contributed by atoms with Crippen LogP contribution in [0.2, 0.25) is 0 Å². The molecule has 1 saturated heterocycles. The maximum absolute atomic E-state index is 13.9. The van der Waals surface area contributed by atoms with E-state index in [9.17, 15) is 9.18 Å². The van der Waals surface area contributed by atoms with Gasteiger partial charge in [0.15, 0.2) is 11.5 Å². The number of rotatable bonds is 7. The standard InChI is InChI=1S/C21H25FN2O3/c1-26-19-10-9-15(13-20(19)27-2)18(24-11-5-6-12-24)14-23-21(25)16-7-3-4-8-17(16)22/h3-4,7-10,13,18H,5-6,11-12,14H2,1-2H3,(H,23,25). The molecule has 1 amide bonds. The van der Waals surface area contributed by atoms with Crippen molar-refractivity contribution >= 4 is 5.91 Å². The number of amides is 1. The highest BCUT2D eigenvalue weighted by atomic mass is 19.1. The first kappa shape index (κ1) is 19.2. The predicted octanol–water partition coefficient (Wildman–Crippen LogP) is 3.41. The summed E-state index contributed by atoms with van der Waals surface area (Å²) in [5, 5.41) is 2.89. The highest BCUT2D eigenvalue weighted by Crippen LogP contribution is 2.33. The lowest BCUT2D eigenvalue weighted by Crippen LogP contribution is -2.37. The van der Waals surface area contributed by atoms with Crippen LogP contribution in [0.1, 0.15) is 34.8 Å². The third-order valence-electron chi connectivity index (χ3n) is 4.95. The van der Waals surface area contributed by atoms with Gasteiger partial charge in [-0.3, -0.25) is 9.69 Å². The number of hydrogen-bond acceptors (Lipinski definition) is 4. The number of benzene rings is 2. The average Bonchev–Trinajstić information content (AvgIpc) is 3.22. The Morgan fingerprint density at radius 3 is 2.48 bits per heavy atom. The minimum absolute atomic E-state index is 0.0111. The average molecular weight is 372 g/mol. The van der Waals surface area contributed by atoms with E-state index >= 15 is 0 Å². The van der Waals surface area contributed by atoms with Crippen LogP contribution in [0.3, 0.4) is 0 Å². The van der Waals surface area contributed by atoms with Crippen LogP contribution in [-0.2, 0) is 0 Å². The smallest absolute Gasteiger partial charge is 0.254 e. The molecule has 144 valence electrons. The van der Waals surface area contributed by atoms with Gasteiger partial charge >= 0.3 is 0 Å². The van der Waals surface area contributed by atoms with Crippen molar-refractivity contribution in [2.24, 2.45) is 0 Å². The number of carbonyl (C=O) groups excluding carboxylic acids is 1. The zero-order valence-electron chi connectivity index (χ0n) is 15.7. The molecule has 1 unspecified atom stereocenters. The topological polar surface area (TPSA) is 50.8 Å². The number of halogens is 1. The number of nitrogens with one attached hydrogen (secondary N) is 1. The Morgan fingerprint density at radius 2 is 1.81 bits per heavy atom. The molecule has 6 heteroatoms. The molecule has 1 aliphatic heterocycles. The second kappa shape index (κ2) is 8.86. The fourth-order valence-electron chi connectivity index (χ4n) is 3.50. The normalized spacial score (nSPS) is 15.4. The van der Waals surface area contributed by atoms with E-state index in [2.05, 4.69) is 10.2 Å². The van der Waals surface area contributed by atoms with Gasteiger partial charge < -0.3 is 14.8 Å². The summed E-state index contributed by atoms with van der Waals surface area (Å²) >= 11 is 0. The molecule has 2 aromatic rings. The van der Waals surface area contributed by atoms with Gasteiger partial charge in [-0.1, -0.05) is 18.2 Å². The Bertz CT molecular complexity index is 791. The molecule has 1 fully saturated rings. The number of hydrogen-bond donors (Lipinski definition) is 1. The van der Waals surface area contributed by atoms with Gasteiger partial charge in [0, 0.05) is 6.54 Å². The van der Waals surface area contributed by atoms with Gasteiger partial charge in [0.2, 0.25) is 0 Å². The molecule has 0 spiro atoms. The van der Waals surface area contributed by atoms with Crippen molar-refractivity contribution in [1.82, 2.24) is 10.2 Å². The van der Waals surface area contributed by atoms with E-state index in [4.69, 9.17) is 9.47 Å². The molecule has 0 aliphatic carbocycles. The number of ether oxygens (including phenoxy) is 2. The molecule has 1 N–H and O–H groups in total. The molecule has 27 heavy (non-hydrogen) atoms. The Labute approximate surface area is 159 Å². The second-order valence-corrected chi connectivity index (χ2v) is 6.56. The molecule has 1 atom stereocenters. The lowest BCUT2D eigenvalue weighted by atomic mass is 10.0. The van der Waals surface area contributed by atoms with Crippen molar-refractivity contribution in [3.05, 3.63) is 59.4 Å². The van der Waals surface area contributed by atoms with Crippen molar-refractivity contribution in [3.8, 4) is 11.5 Å². The van der Waals surface area contributed by atoms with E-state index in [-0.39, 0.29) is 11.6 Å². The number of carbonyl (C=O) groups is 1. The fourth-order valence-corrected chi connectivity index (χ4v) is 3.50. The van der Waals surface area contributed by atoms with Crippen LogP contribution in [0.25, 0.3) is 0 Å². The van der Waals surface area contributed by atoms with E-state index in [1.165, 1.54) is 12.1 Å². The van der Waals surface area contributed by atoms with E-state index in [1.807, 2.05) is 18.2 Å².